The van der Waals surface area contributed by atoms with Crippen molar-refractivity contribution in [3.8, 4) is 34.4 Å². The van der Waals surface area contributed by atoms with Gasteiger partial charge < -0.3 is 0 Å². The van der Waals surface area contributed by atoms with E-state index in [2.05, 4.69) is 42.5 Å². The Balaban J connectivity index is 1.62. The molecule has 2 aromatic heterocycles. The zero-order chi connectivity index (χ0) is 22.6. The molecular formula is C23H21F2N7. The van der Waals surface area contributed by atoms with Crippen LogP contribution in [0.3, 0.4) is 0 Å². The van der Waals surface area contributed by atoms with E-state index in [1.165, 1.54) is 11.6 Å². The molecule has 0 aliphatic heterocycles. The Morgan fingerprint density at radius 2 is 1.81 bits per heavy atom. The maximum atomic E-state index is 14.1. The molecule has 0 atom stereocenters. The molecule has 2 heterocycles. The molecule has 0 fully saturated rings. The standard InChI is InChI=1S/C23H21F2N7/c1-3-5-14-32-20(26-22(29-32)23(24,25)4-2)15-16-10-12-17(13-11-16)18-8-6-7-9-19(18)21-27-30-31-28-21/h6-13H,4,14-15H2,1-2H3,(H,27,28,30,31). The van der Waals surface area contributed by atoms with Gasteiger partial charge in [0.2, 0.25) is 5.82 Å². The summed E-state index contributed by atoms with van der Waals surface area (Å²) in [6.07, 6.45) is 0.0108. The summed E-state index contributed by atoms with van der Waals surface area (Å²) in [5, 5.41) is 18.1. The molecule has 0 bridgehead atoms. The lowest BCUT2D eigenvalue weighted by Crippen LogP contribution is -2.14. The molecule has 162 valence electrons. The minimum Gasteiger partial charge on any atom is -0.239 e. The molecule has 32 heavy (non-hydrogen) atoms. The van der Waals surface area contributed by atoms with Crippen LogP contribution in [-0.2, 0) is 18.9 Å². The molecule has 2 aromatic carbocycles. The number of hydrogen-bond acceptors (Lipinski definition) is 5. The first kappa shape index (κ1) is 21.3. The number of rotatable bonds is 7. The van der Waals surface area contributed by atoms with E-state index in [4.69, 9.17) is 0 Å². The third kappa shape index (κ3) is 4.39. The third-order valence-electron chi connectivity index (χ3n) is 5.08. The molecule has 7 nitrogen and oxygen atoms in total. The molecule has 0 aliphatic carbocycles. The van der Waals surface area contributed by atoms with Gasteiger partial charge in [-0.2, -0.15) is 8.78 Å². The molecule has 4 rings (SSSR count). The average molecular weight is 433 g/mol. The number of tetrazole rings is 1. The highest BCUT2D eigenvalue weighted by atomic mass is 19.3. The predicted molar refractivity (Wildman–Crippen MR) is 116 cm³/mol. The van der Waals surface area contributed by atoms with Gasteiger partial charge in [-0.05, 0) is 34.0 Å². The molecule has 0 spiro atoms. The molecular weight excluding hydrogens is 412 g/mol. The SMILES string of the molecule is CC#CCn1nc(C(F)(F)CC)nc1Cc1ccc(-c2ccccc2-c2nnn[nH]2)cc1. The summed E-state index contributed by atoms with van der Waals surface area (Å²) < 4.78 is 29.7. The van der Waals surface area contributed by atoms with Crippen molar-refractivity contribution >= 4 is 0 Å². The number of benzene rings is 2. The normalized spacial score (nSPS) is 11.2. The van der Waals surface area contributed by atoms with E-state index >= 15 is 0 Å². The Labute approximate surface area is 183 Å². The lowest BCUT2D eigenvalue weighted by molar-refractivity contribution is -0.0176. The third-order valence-corrected chi connectivity index (χ3v) is 5.08. The highest BCUT2D eigenvalue weighted by molar-refractivity contribution is 5.80. The average Bonchev–Trinajstić information content (AvgIpc) is 3.49. The van der Waals surface area contributed by atoms with Crippen LogP contribution in [0.5, 0.6) is 0 Å². The molecule has 0 amide bonds. The number of aromatic amines is 1. The Hall–Kier alpha value is -3.93. The summed E-state index contributed by atoms with van der Waals surface area (Å²) in [4.78, 5) is 4.14. The Morgan fingerprint density at radius 3 is 2.47 bits per heavy atom. The van der Waals surface area contributed by atoms with Crippen molar-refractivity contribution in [3.63, 3.8) is 0 Å². The van der Waals surface area contributed by atoms with Crippen molar-refractivity contribution in [3.05, 3.63) is 65.7 Å². The van der Waals surface area contributed by atoms with Crippen LogP contribution in [0.2, 0.25) is 0 Å². The van der Waals surface area contributed by atoms with Gasteiger partial charge in [0.1, 0.15) is 12.4 Å². The number of hydrogen-bond donors (Lipinski definition) is 1. The van der Waals surface area contributed by atoms with Crippen molar-refractivity contribution in [2.45, 2.75) is 39.2 Å². The zero-order valence-corrected chi connectivity index (χ0v) is 17.7. The second-order valence-electron chi connectivity index (χ2n) is 7.16. The van der Waals surface area contributed by atoms with Gasteiger partial charge in [0.15, 0.2) is 5.82 Å². The van der Waals surface area contributed by atoms with Gasteiger partial charge in [0.05, 0.1) is 0 Å². The Bertz CT molecular complexity index is 1250. The fraction of sp³-hybridized carbons (Fsp3) is 0.261. The maximum Gasteiger partial charge on any atom is 0.308 e. The van der Waals surface area contributed by atoms with Gasteiger partial charge in [-0.3, -0.25) is 0 Å². The van der Waals surface area contributed by atoms with Crippen molar-refractivity contribution in [1.29, 1.82) is 0 Å². The van der Waals surface area contributed by atoms with E-state index in [1.807, 2.05) is 48.5 Å². The van der Waals surface area contributed by atoms with Crippen molar-refractivity contribution < 1.29 is 8.78 Å². The van der Waals surface area contributed by atoms with E-state index in [9.17, 15) is 8.78 Å². The molecule has 0 radical (unpaired) electrons. The lowest BCUT2D eigenvalue weighted by Gasteiger charge is -2.08. The molecule has 0 unspecified atom stereocenters. The number of nitrogens with one attached hydrogen (secondary N) is 1. The minimum atomic E-state index is -3.07. The smallest absolute Gasteiger partial charge is 0.239 e. The number of H-pyrrole nitrogens is 1. The number of nitrogens with zero attached hydrogens (tertiary/aromatic N) is 6. The molecule has 0 aliphatic rings. The second kappa shape index (κ2) is 9.06. The van der Waals surface area contributed by atoms with Crippen molar-refractivity contribution in [1.82, 2.24) is 35.4 Å². The second-order valence-corrected chi connectivity index (χ2v) is 7.16. The molecule has 4 aromatic rings. The van der Waals surface area contributed by atoms with Crippen molar-refractivity contribution in [2.24, 2.45) is 0 Å². The van der Waals surface area contributed by atoms with Crippen LogP contribution in [0.25, 0.3) is 22.5 Å². The summed E-state index contributed by atoms with van der Waals surface area (Å²) in [6, 6.07) is 15.7. The van der Waals surface area contributed by atoms with Gasteiger partial charge in [0.25, 0.3) is 0 Å². The van der Waals surface area contributed by atoms with Crippen molar-refractivity contribution in [2.75, 3.05) is 0 Å². The Kier molecular flexibility index (Phi) is 6.03. The van der Waals surface area contributed by atoms with Crippen LogP contribution in [0.4, 0.5) is 8.78 Å². The van der Waals surface area contributed by atoms with E-state index in [-0.39, 0.29) is 13.0 Å². The lowest BCUT2D eigenvalue weighted by atomic mass is 9.98. The van der Waals surface area contributed by atoms with Crippen LogP contribution in [0.1, 0.15) is 37.5 Å². The first-order valence-electron chi connectivity index (χ1n) is 10.2. The van der Waals surface area contributed by atoms with Gasteiger partial charge in [-0.15, -0.1) is 16.1 Å². The van der Waals surface area contributed by atoms with Gasteiger partial charge in [-0.25, -0.2) is 14.8 Å². The summed E-state index contributed by atoms with van der Waals surface area (Å²) in [7, 11) is 0. The zero-order valence-electron chi connectivity index (χ0n) is 17.7. The first-order valence-corrected chi connectivity index (χ1v) is 10.2. The monoisotopic (exact) mass is 433 g/mol. The summed E-state index contributed by atoms with van der Waals surface area (Å²) in [5.74, 6) is 3.15. The highest BCUT2D eigenvalue weighted by Crippen LogP contribution is 2.31. The van der Waals surface area contributed by atoms with Crippen LogP contribution in [0.15, 0.2) is 48.5 Å². The van der Waals surface area contributed by atoms with Crippen LogP contribution >= 0.6 is 0 Å². The Morgan fingerprint density at radius 1 is 1.06 bits per heavy atom. The fourth-order valence-electron chi connectivity index (χ4n) is 3.30. The summed E-state index contributed by atoms with van der Waals surface area (Å²) in [5.41, 5.74) is 3.77. The highest BCUT2D eigenvalue weighted by Gasteiger charge is 2.35. The van der Waals surface area contributed by atoms with E-state index < -0.39 is 11.7 Å². The number of alkyl halides is 2. The van der Waals surface area contributed by atoms with E-state index in [0.29, 0.717) is 18.1 Å². The number of halogens is 2. The van der Waals surface area contributed by atoms with Crippen LogP contribution < -0.4 is 0 Å². The largest absolute Gasteiger partial charge is 0.308 e. The predicted octanol–water partition coefficient (Wildman–Crippen LogP) is 4.24. The fourth-order valence-corrected chi connectivity index (χ4v) is 3.30. The van der Waals surface area contributed by atoms with Crippen LogP contribution in [-0.4, -0.2) is 35.4 Å². The van der Waals surface area contributed by atoms with Gasteiger partial charge in [0, 0.05) is 18.4 Å². The quantitative estimate of drug-likeness (QED) is 0.441. The first-order chi connectivity index (χ1) is 15.5. The van der Waals surface area contributed by atoms with E-state index in [1.54, 1.807) is 6.92 Å². The molecule has 1 N–H and O–H groups in total. The minimum absolute atomic E-state index is 0.218. The molecule has 0 saturated heterocycles. The van der Waals surface area contributed by atoms with Crippen LogP contribution in [0, 0.1) is 11.8 Å². The van der Waals surface area contributed by atoms with E-state index in [0.717, 1.165) is 22.3 Å². The summed E-state index contributed by atoms with van der Waals surface area (Å²) >= 11 is 0. The topological polar surface area (TPSA) is 85.2 Å². The van der Waals surface area contributed by atoms with Gasteiger partial charge in [-0.1, -0.05) is 61.4 Å². The molecule has 9 heteroatoms. The molecule has 0 saturated carbocycles. The number of aromatic nitrogens is 7. The van der Waals surface area contributed by atoms with Gasteiger partial charge >= 0.3 is 5.92 Å². The summed E-state index contributed by atoms with van der Waals surface area (Å²) in [6.45, 7) is 3.33. The maximum absolute atomic E-state index is 14.1.